The zero-order valence-electron chi connectivity index (χ0n) is 12.6. The van der Waals surface area contributed by atoms with Crippen molar-refractivity contribution in [3.05, 3.63) is 47.3 Å². The molecule has 1 aromatic carbocycles. The average Bonchev–Trinajstić information content (AvgIpc) is 3.00. The monoisotopic (exact) mass is 332 g/mol. The molecule has 3 rings (SSSR count). The maximum absolute atomic E-state index is 12.2. The van der Waals surface area contributed by atoms with Crippen LogP contribution in [0.15, 0.2) is 30.3 Å². The van der Waals surface area contributed by atoms with Crippen molar-refractivity contribution in [2.24, 2.45) is 0 Å². The maximum atomic E-state index is 12.2. The molecule has 23 heavy (non-hydrogen) atoms. The molecule has 1 aromatic heterocycles. The van der Waals surface area contributed by atoms with E-state index in [-0.39, 0.29) is 23.3 Å². The van der Waals surface area contributed by atoms with Gasteiger partial charge in [-0.1, -0.05) is 35.5 Å². The number of benzene rings is 1. The van der Waals surface area contributed by atoms with E-state index in [1.54, 1.807) is 11.8 Å². The Hall–Kier alpha value is -2.35. The molecule has 1 N–H and O–H groups in total. The first-order valence-electron chi connectivity index (χ1n) is 7.13. The molecule has 0 radical (unpaired) electrons. The van der Waals surface area contributed by atoms with E-state index >= 15 is 0 Å². The van der Waals surface area contributed by atoms with Gasteiger partial charge >= 0.3 is 5.97 Å². The molecule has 2 aromatic rings. The number of carbonyl (C=O) groups excluding carboxylic acids is 2. The smallest absolute Gasteiger partial charge is 0.361 e. The van der Waals surface area contributed by atoms with Gasteiger partial charge in [-0.25, -0.2) is 9.48 Å². The number of amides is 1. The molecule has 1 aliphatic rings. The third-order valence-corrected chi connectivity index (χ3v) is 4.66. The molecular formula is C15H16N4O3S. The van der Waals surface area contributed by atoms with Gasteiger partial charge in [0.2, 0.25) is 5.69 Å². The number of rotatable bonds is 5. The summed E-state index contributed by atoms with van der Waals surface area (Å²) in [6, 6.07) is 10.1. The second-order valence-corrected chi connectivity index (χ2v) is 6.16. The molecule has 0 saturated heterocycles. The fraction of sp³-hybridized carbons (Fsp3) is 0.333. The number of methoxy groups -OCH3 is 1. The second kappa shape index (κ2) is 6.82. The van der Waals surface area contributed by atoms with Crippen molar-refractivity contribution in [1.29, 1.82) is 0 Å². The van der Waals surface area contributed by atoms with Crippen molar-refractivity contribution in [2.45, 2.75) is 18.3 Å². The van der Waals surface area contributed by atoms with Crippen molar-refractivity contribution in [2.75, 3.05) is 12.9 Å². The zero-order valence-corrected chi connectivity index (χ0v) is 13.4. The molecule has 1 atom stereocenters. The summed E-state index contributed by atoms with van der Waals surface area (Å²) in [7, 11) is 1.25. The fourth-order valence-corrected chi connectivity index (χ4v) is 3.41. The number of hydrogen-bond acceptors (Lipinski definition) is 6. The van der Waals surface area contributed by atoms with Crippen LogP contribution in [-0.4, -0.2) is 45.8 Å². The summed E-state index contributed by atoms with van der Waals surface area (Å²) >= 11 is 1.74. The molecule has 120 valence electrons. The lowest BCUT2D eigenvalue weighted by atomic mass is 10.2. The van der Waals surface area contributed by atoms with Gasteiger partial charge in [-0.3, -0.25) is 4.79 Å². The predicted octanol–water partition coefficient (Wildman–Crippen LogP) is 1.11. The van der Waals surface area contributed by atoms with E-state index in [4.69, 9.17) is 0 Å². The van der Waals surface area contributed by atoms with E-state index in [1.807, 2.05) is 18.2 Å². The van der Waals surface area contributed by atoms with Crippen molar-refractivity contribution < 1.29 is 14.3 Å². The normalized spacial score (nSPS) is 16.6. The molecule has 0 aliphatic carbocycles. The molecule has 7 nitrogen and oxygen atoms in total. The topological polar surface area (TPSA) is 86.1 Å². The Bertz CT molecular complexity index is 717. The third-order valence-electron chi connectivity index (χ3n) is 3.49. The number of aromatic nitrogens is 3. The van der Waals surface area contributed by atoms with Gasteiger partial charge in [-0.05, 0) is 5.56 Å². The van der Waals surface area contributed by atoms with Crippen molar-refractivity contribution in [1.82, 2.24) is 20.3 Å². The van der Waals surface area contributed by atoms with Crippen LogP contribution in [0.4, 0.5) is 0 Å². The van der Waals surface area contributed by atoms with Crippen LogP contribution in [0, 0.1) is 0 Å². The lowest BCUT2D eigenvalue weighted by Gasteiger charge is -2.23. The Balaban J connectivity index is 1.62. The summed E-state index contributed by atoms with van der Waals surface area (Å²) in [4.78, 5) is 23.8. The van der Waals surface area contributed by atoms with E-state index in [0.717, 1.165) is 11.5 Å². The van der Waals surface area contributed by atoms with Crippen LogP contribution in [0.1, 0.15) is 26.5 Å². The van der Waals surface area contributed by atoms with Gasteiger partial charge in [-0.15, -0.1) is 5.10 Å². The van der Waals surface area contributed by atoms with E-state index in [1.165, 1.54) is 17.4 Å². The van der Waals surface area contributed by atoms with Crippen molar-refractivity contribution in [3.8, 4) is 0 Å². The molecule has 1 amide bonds. The van der Waals surface area contributed by atoms with E-state index < -0.39 is 5.97 Å². The first kappa shape index (κ1) is 15.5. The summed E-state index contributed by atoms with van der Waals surface area (Å²) in [5.74, 6) is 0.642. The molecule has 8 heteroatoms. The van der Waals surface area contributed by atoms with Gasteiger partial charge in [-0.2, -0.15) is 11.8 Å². The number of fused-ring (bicyclic) bond motifs is 1. The number of ether oxygens (including phenoxy) is 1. The number of hydrogen-bond donors (Lipinski definition) is 1. The molecule has 0 saturated carbocycles. The minimum atomic E-state index is -0.654. The van der Waals surface area contributed by atoms with E-state index in [2.05, 4.69) is 32.5 Å². The minimum absolute atomic E-state index is 0.0413. The largest absolute Gasteiger partial charge is 0.464 e. The molecule has 0 bridgehead atoms. The highest BCUT2D eigenvalue weighted by Gasteiger charge is 2.32. The maximum Gasteiger partial charge on any atom is 0.361 e. The van der Waals surface area contributed by atoms with Gasteiger partial charge in [0.1, 0.15) is 0 Å². The van der Waals surface area contributed by atoms with Crippen LogP contribution in [0.3, 0.4) is 0 Å². The molecule has 1 unspecified atom stereocenters. The summed E-state index contributed by atoms with van der Waals surface area (Å²) in [5.41, 5.74) is 1.37. The average molecular weight is 332 g/mol. The first-order chi connectivity index (χ1) is 11.2. The Labute approximate surface area is 137 Å². The number of nitrogens with one attached hydrogen (secondary N) is 1. The minimum Gasteiger partial charge on any atom is -0.464 e. The van der Waals surface area contributed by atoms with Gasteiger partial charge in [0.05, 0.1) is 19.7 Å². The van der Waals surface area contributed by atoms with Gasteiger partial charge in [0.15, 0.2) is 5.69 Å². The lowest BCUT2D eigenvalue weighted by Crippen LogP contribution is -2.46. The highest BCUT2D eigenvalue weighted by molar-refractivity contribution is 7.98. The predicted molar refractivity (Wildman–Crippen MR) is 85.2 cm³/mol. The van der Waals surface area contributed by atoms with E-state index in [0.29, 0.717) is 6.54 Å². The Morgan fingerprint density at radius 3 is 2.96 bits per heavy atom. The Morgan fingerprint density at radius 1 is 1.43 bits per heavy atom. The molecular weight excluding hydrogens is 316 g/mol. The quantitative estimate of drug-likeness (QED) is 0.826. The summed E-state index contributed by atoms with van der Waals surface area (Å²) in [5, 5.41) is 10.5. The van der Waals surface area contributed by atoms with Crippen LogP contribution in [-0.2, 0) is 17.0 Å². The highest BCUT2D eigenvalue weighted by atomic mass is 32.2. The van der Waals surface area contributed by atoms with Crippen LogP contribution >= 0.6 is 11.8 Å². The number of thioether (sulfide) groups is 1. The Morgan fingerprint density at radius 2 is 2.22 bits per heavy atom. The lowest BCUT2D eigenvalue weighted by molar-refractivity contribution is 0.0588. The summed E-state index contributed by atoms with van der Waals surface area (Å²) in [6.45, 7) is 0.493. The SMILES string of the molecule is COC(=O)c1nnn2c1C(=O)NC(CSCc1ccccc1)C2. The summed E-state index contributed by atoms with van der Waals surface area (Å²) < 4.78 is 6.08. The molecule has 0 spiro atoms. The van der Waals surface area contributed by atoms with Crippen molar-refractivity contribution >= 4 is 23.6 Å². The number of nitrogens with zero attached hydrogens (tertiary/aromatic N) is 3. The standard InChI is InChI=1S/C15H16N4O3S/c1-22-15(21)12-13-14(20)16-11(7-19(13)18-17-12)9-23-8-10-5-3-2-4-6-10/h2-6,11H,7-9H2,1H3,(H,16,20). The highest BCUT2D eigenvalue weighted by Crippen LogP contribution is 2.17. The zero-order chi connectivity index (χ0) is 16.2. The van der Waals surface area contributed by atoms with Crippen LogP contribution in [0.25, 0.3) is 0 Å². The third kappa shape index (κ3) is 3.37. The van der Waals surface area contributed by atoms with E-state index in [9.17, 15) is 9.59 Å². The van der Waals surface area contributed by atoms with Crippen molar-refractivity contribution in [3.63, 3.8) is 0 Å². The summed E-state index contributed by atoms with van der Waals surface area (Å²) in [6.07, 6.45) is 0. The fourth-order valence-electron chi connectivity index (χ4n) is 2.40. The van der Waals surface area contributed by atoms with Gasteiger partial charge in [0, 0.05) is 11.5 Å². The van der Waals surface area contributed by atoms with Crippen LogP contribution < -0.4 is 5.32 Å². The van der Waals surface area contributed by atoms with Crippen LogP contribution in [0.2, 0.25) is 0 Å². The molecule has 1 aliphatic heterocycles. The molecule has 2 heterocycles. The first-order valence-corrected chi connectivity index (χ1v) is 8.29. The number of carbonyl (C=O) groups is 2. The van der Waals surface area contributed by atoms with Gasteiger partial charge in [0.25, 0.3) is 5.91 Å². The van der Waals surface area contributed by atoms with Crippen LogP contribution in [0.5, 0.6) is 0 Å². The number of esters is 1. The van der Waals surface area contributed by atoms with Gasteiger partial charge < -0.3 is 10.1 Å². The second-order valence-electron chi connectivity index (χ2n) is 5.13. The Kier molecular flexibility index (Phi) is 4.61. The molecule has 0 fully saturated rings.